The Morgan fingerprint density at radius 2 is 0.700 bits per heavy atom. The van der Waals surface area contributed by atoms with Crippen LogP contribution in [0.5, 0.6) is 0 Å². The zero-order chi connectivity index (χ0) is 13.8. The number of hydrogen-bond acceptors (Lipinski definition) is 0. The second kappa shape index (κ2) is 6.65. The van der Waals surface area contributed by atoms with Crippen molar-refractivity contribution < 1.29 is 0 Å². The minimum atomic E-state index is 0.101. The van der Waals surface area contributed by atoms with Crippen LogP contribution in [0.1, 0.15) is 16.7 Å². The van der Waals surface area contributed by atoms with Crippen molar-refractivity contribution in [2.24, 2.45) is 0 Å². The van der Waals surface area contributed by atoms with E-state index >= 15 is 0 Å². The predicted octanol–water partition coefficient (Wildman–Crippen LogP) is 4.15. The Morgan fingerprint density at radius 1 is 0.450 bits per heavy atom. The summed E-state index contributed by atoms with van der Waals surface area (Å²) in [5, 5.41) is 0. The molecule has 0 aliphatic carbocycles. The van der Waals surface area contributed by atoms with Gasteiger partial charge in [-0.2, -0.15) is 0 Å². The van der Waals surface area contributed by atoms with Crippen molar-refractivity contribution in [1.82, 2.24) is 0 Å². The minimum absolute atomic E-state index is 0.101. The quantitative estimate of drug-likeness (QED) is 0.603. The average Bonchev–Trinajstić information content (AvgIpc) is 2.56. The Bertz CT molecular complexity index is 563. The molecule has 3 aromatic carbocycles. The first-order valence-electron chi connectivity index (χ1n) is 6.98. The van der Waals surface area contributed by atoms with Crippen molar-refractivity contribution >= 4 is 65.9 Å². The van der Waals surface area contributed by atoms with E-state index in [1.165, 1.54) is 16.7 Å². The van der Waals surface area contributed by atoms with Crippen LogP contribution in [0.15, 0.2) is 91.0 Å². The van der Waals surface area contributed by atoms with Crippen LogP contribution in [0.25, 0.3) is 0 Å². The van der Waals surface area contributed by atoms with E-state index < -0.39 is 0 Å². The predicted molar refractivity (Wildman–Crippen MR) is 85.0 cm³/mol. The first-order valence-corrected chi connectivity index (χ1v) is 10.1. The van der Waals surface area contributed by atoms with Crippen molar-refractivity contribution in [2.75, 3.05) is 0 Å². The molecule has 0 saturated heterocycles. The summed E-state index contributed by atoms with van der Waals surface area (Å²) in [4.78, 5) is 0. The first kappa shape index (κ1) is 14.6. The zero-order valence-corrected chi connectivity index (χ0v) is 17.9. The molecule has 92 valence electrons. The summed E-state index contributed by atoms with van der Waals surface area (Å²) >= 11 is 0.270. The Hall–Kier alpha value is -0.288. The van der Waals surface area contributed by atoms with E-state index in [4.69, 9.17) is 0 Å². The van der Waals surface area contributed by atoms with Crippen LogP contribution >= 0.6 is 0 Å². The van der Waals surface area contributed by atoms with E-state index in [9.17, 15) is 0 Å². The van der Waals surface area contributed by atoms with E-state index in [-0.39, 0.29) is 62.8 Å². The summed E-state index contributed by atoms with van der Waals surface area (Å²) in [6, 6.07) is 32.7. The second-order valence-corrected chi connectivity index (χ2v) is 9.93. The van der Waals surface area contributed by atoms with Gasteiger partial charge in [0.1, 0.15) is 0 Å². The van der Waals surface area contributed by atoms with Gasteiger partial charge in [-0.25, -0.2) is 0 Å². The van der Waals surface area contributed by atoms with Gasteiger partial charge in [0, 0.05) is 0 Å². The molecule has 0 spiro atoms. The number of rotatable bonds is 3. The molecular weight excluding hydrogens is 361 g/mol. The third-order valence-electron chi connectivity index (χ3n) is 4.05. The van der Waals surface area contributed by atoms with Crippen LogP contribution in [0, 0.1) is 0 Å². The van der Waals surface area contributed by atoms with E-state index in [0.717, 1.165) is 0 Å². The van der Waals surface area contributed by atoms with Crippen LogP contribution in [0.4, 0.5) is 0 Å². The molecule has 20 heavy (non-hydrogen) atoms. The summed E-state index contributed by atoms with van der Waals surface area (Å²) in [6.45, 7) is 0. The maximum atomic E-state index is 2.26. The van der Waals surface area contributed by atoms with E-state index in [2.05, 4.69) is 91.0 Å². The van der Waals surface area contributed by atoms with Gasteiger partial charge in [-0.05, 0) is 0 Å². The molecule has 3 rings (SSSR count). The average molecular weight is 376 g/mol. The van der Waals surface area contributed by atoms with Crippen molar-refractivity contribution in [2.45, 2.75) is -3.16 Å². The zero-order valence-electron chi connectivity index (χ0n) is 11.7. The molecule has 0 N–H and O–H groups in total. The van der Waals surface area contributed by atoms with Gasteiger partial charge < -0.3 is 0 Å². The number of benzene rings is 3. The molecule has 0 radical (unpaired) electrons. The molecule has 0 heterocycles. The third-order valence-corrected chi connectivity index (χ3v) is 9.49. The Kier molecular flexibility index (Phi) is 4.87. The Morgan fingerprint density at radius 3 is 0.950 bits per heavy atom. The van der Waals surface area contributed by atoms with Gasteiger partial charge >= 0.3 is 170 Å². The summed E-state index contributed by atoms with van der Waals surface area (Å²) in [5.41, 5.74) is 4.25. The summed E-state index contributed by atoms with van der Waals surface area (Å²) in [7, 11) is 0. The molecular formula is C19H15Cs. The fourth-order valence-electron chi connectivity index (χ4n) is 2.81. The van der Waals surface area contributed by atoms with Crippen LogP contribution < -0.4 is 0 Å². The van der Waals surface area contributed by atoms with Crippen molar-refractivity contribution in [3.8, 4) is 0 Å². The first-order chi connectivity index (χ1) is 9.82. The van der Waals surface area contributed by atoms with Gasteiger partial charge in [-0.3, -0.25) is 0 Å². The maximum absolute atomic E-state index is 2.26. The molecule has 0 atom stereocenters. The SMILES string of the molecule is [Cs][C](c1ccccc1)(c1ccccc1)c1ccccc1. The molecule has 1 heteroatoms. The number of hydrogen-bond donors (Lipinski definition) is 0. The van der Waals surface area contributed by atoms with Crippen LogP contribution in [-0.4, -0.2) is 65.9 Å². The van der Waals surface area contributed by atoms with Crippen LogP contribution in [0.2, 0.25) is 0 Å². The van der Waals surface area contributed by atoms with Crippen molar-refractivity contribution in [3.63, 3.8) is 0 Å². The van der Waals surface area contributed by atoms with Gasteiger partial charge in [0.15, 0.2) is 0 Å². The molecule has 0 amide bonds. The molecule has 0 unspecified atom stereocenters. The summed E-state index contributed by atoms with van der Waals surface area (Å²) in [6.07, 6.45) is 0. The monoisotopic (exact) mass is 376 g/mol. The van der Waals surface area contributed by atoms with Gasteiger partial charge in [0.05, 0.1) is 0 Å². The molecule has 0 saturated carbocycles. The Labute approximate surface area is 167 Å². The third kappa shape index (κ3) is 2.84. The van der Waals surface area contributed by atoms with Crippen LogP contribution in [-0.2, 0) is -3.16 Å². The van der Waals surface area contributed by atoms with Crippen LogP contribution in [0.3, 0.4) is 0 Å². The molecule has 0 aliphatic heterocycles. The fourth-order valence-corrected chi connectivity index (χ4v) is 5.95. The summed E-state index contributed by atoms with van der Waals surface area (Å²) < 4.78 is 0.101. The van der Waals surface area contributed by atoms with E-state index in [0.29, 0.717) is 0 Å². The van der Waals surface area contributed by atoms with E-state index in [1.807, 2.05) is 0 Å². The van der Waals surface area contributed by atoms with Gasteiger partial charge in [-0.15, -0.1) is 0 Å². The summed E-state index contributed by atoms with van der Waals surface area (Å²) in [5.74, 6) is 0. The van der Waals surface area contributed by atoms with Gasteiger partial charge in [-0.1, -0.05) is 0 Å². The molecule has 0 bridgehead atoms. The topological polar surface area (TPSA) is 0 Å². The Balaban J connectivity index is 2.24. The normalized spacial score (nSPS) is 11.3. The molecule has 0 nitrogen and oxygen atoms in total. The molecule has 0 fully saturated rings. The second-order valence-electron chi connectivity index (χ2n) is 5.22. The van der Waals surface area contributed by atoms with E-state index in [1.54, 1.807) is 0 Å². The standard InChI is InChI=1S/C19H15.Cs/c1-4-10-16(11-5-1)19(17-12-6-2-7-13-17)18-14-8-3-9-15-18;/h1-15H;. The molecule has 0 aliphatic rings. The molecule has 0 aromatic heterocycles. The van der Waals surface area contributed by atoms with Gasteiger partial charge in [0.25, 0.3) is 0 Å². The van der Waals surface area contributed by atoms with Crippen molar-refractivity contribution in [1.29, 1.82) is 0 Å². The van der Waals surface area contributed by atoms with Gasteiger partial charge in [0.2, 0.25) is 0 Å². The van der Waals surface area contributed by atoms with Crippen molar-refractivity contribution in [3.05, 3.63) is 108 Å². The molecule has 3 aromatic rings. The fraction of sp³-hybridized carbons (Fsp3) is 0.0526.